The molecule has 3 rings (SSSR count). The molecule has 0 aliphatic heterocycles. The number of hydrogen-bond acceptors (Lipinski definition) is 4. The lowest BCUT2D eigenvalue weighted by Gasteiger charge is -2.07. The summed E-state index contributed by atoms with van der Waals surface area (Å²) in [6.45, 7) is 0.167. The Balaban J connectivity index is 1.70. The van der Waals surface area contributed by atoms with Crippen LogP contribution in [0, 0.1) is 10.6 Å². The van der Waals surface area contributed by atoms with E-state index >= 15 is 0 Å². The largest absolute Gasteiger partial charge is 0.489 e. The van der Waals surface area contributed by atoms with Crippen molar-refractivity contribution in [3.05, 3.63) is 76.6 Å². The van der Waals surface area contributed by atoms with Crippen molar-refractivity contribution < 1.29 is 9.13 Å². The molecule has 1 N–H and O–H groups in total. The highest BCUT2D eigenvalue weighted by atomic mass is 32.1. The van der Waals surface area contributed by atoms with Gasteiger partial charge in [0.15, 0.2) is 0 Å². The third-order valence-electron chi connectivity index (χ3n) is 3.08. The molecule has 5 nitrogen and oxygen atoms in total. The van der Waals surface area contributed by atoms with E-state index in [1.54, 1.807) is 24.4 Å². The Morgan fingerprint density at radius 1 is 1.26 bits per heavy atom. The minimum atomic E-state index is -0.278. The number of nitrogens with zero attached hydrogens (tertiary/aromatic N) is 3. The Morgan fingerprint density at radius 3 is 2.91 bits per heavy atom. The van der Waals surface area contributed by atoms with Gasteiger partial charge in [-0.15, -0.1) is 0 Å². The maximum absolute atomic E-state index is 13.6. The van der Waals surface area contributed by atoms with Crippen LogP contribution in [-0.2, 0) is 6.61 Å². The Hall–Kier alpha value is -2.80. The van der Waals surface area contributed by atoms with Gasteiger partial charge in [0.2, 0.25) is 4.77 Å². The van der Waals surface area contributed by atoms with Crippen LogP contribution in [0.25, 0.3) is 0 Å². The summed E-state index contributed by atoms with van der Waals surface area (Å²) >= 11 is 5.01. The van der Waals surface area contributed by atoms with Crippen molar-refractivity contribution in [1.29, 1.82) is 0 Å². The van der Waals surface area contributed by atoms with Crippen LogP contribution in [0.5, 0.6) is 5.75 Å². The van der Waals surface area contributed by atoms with Crippen LogP contribution in [0.3, 0.4) is 0 Å². The van der Waals surface area contributed by atoms with E-state index in [1.807, 2.05) is 24.3 Å². The van der Waals surface area contributed by atoms with Gasteiger partial charge in [-0.2, -0.15) is 14.9 Å². The summed E-state index contributed by atoms with van der Waals surface area (Å²) in [7, 11) is 0. The Labute approximate surface area is 137 Å². The molecule has 23 heavy (non-hydrogen) atoms. The minimum Gasteiger partial charge on any atom is -0.489 e. The van der Waals surface area contributed by atoms with Gasteiger partial charge < -0.3 is 4.74 Å². The van der Waals surface area contributed by atoms with Crippen molar-refractivity contribution in [2.24, 2.45) is 5.10 Å². The van der Waals surface area contributed by atoms with Crippen LogP contribution < -0.4 is 4.74 Å². The van der Waals surface area contributed by atoms with Gasteiger partial charge in [0.05, 0.1) is 6.21 Å². The van der Waals surface area contributed by atoms with Crippen LogP contribution >= 0.6 is 12.2 Å². The quantitative estimate of drug-likeness (QED) is 0.576. The number of rotatable bonds is 5. The Bertz CT molecular complexity index is 887. The molecule has 1 heterocycles. The highest BCUT2D eigenvalue weighted by Crippen LogP contribution is 2.15. The zero-order valence-corrected chi connectivity index (χ0v) is 12.8. The monoisotopic (exact) mass is 328 g/mol. The molecule has 0 saturated heterocycles. The molecule has 0 unspecified atom stereocenters. The molecular formula is C16H13FN4OS. The number of hydrogen-bond donors (Lipinski definition) is 1. The normalized spacial score (nSPS) is 11.0. The number of ether oxygens (including phenoxy) is 1. The van der Waals surface area contributed by atoms with E-state index in [9.17, 15) is 4.39 Å². The van der Waals surface area contributed by atoms with Gasteiger partial charge in [-0.3, -0.25) is 5.10 Å². The van der Waals surface area contributed by atoms with Crippen LogP contribution in [-0.4, -0.2) is 21.1 Å². The maximum Gasteiger partial charge on any atom is 0.216 e. The average molecular weight is 328 g/mol. The first-order valence-corrected chi connectivity index (χ1v) is 7.26. The Morgan fingerprint density at radius 2 is 2.13 bits per heavy atom. The van der Waals surface area contributed by atoms with Crippen molar-refractivity contribution in [2.45, 2.75) is 6.61 Å². The minimum absolute atomic E-state index is 0.167. The summed E-state index contributed by atoms with van der Waals surface area (Å²) in [6, 6.07) is 13.9. The number of halogens is 1. The summed E-state index contributed by atoms with van der Waals surface area (Å²) in [5.41, 5.74) is 1.34. The molecular weight excluding hydrogens is 315 g/mol. The SMILES string of the molecule is Fc1ccccc1COc1cccc(/C=N/n2cn[nH]c2=S)c1. The van der Waals surface area contributed by atoms with Crippen LogP contribution in [0.2, 0.25) is 0 Å². The molecule has 0 fully saturated rings. The van der Waals surface area contributed by atoms with E-state index in [-0.39, 0.29) is 12.4 Å². The highest BCUT2D eigenvalue weighted by Gasteiger charge is 2.02. The number of benzene rings is 2. The lowest BCUT2D eigenvalue weighted by atomic mass is 10.2. The number of aromatic nitrogens is 3. The van der Waals surface area contributed by atoms with Crippen molar-refractivity contribution in [3.8, 4) is 5.75 Å². The number of aromatic amines is 1. The van der Waals surface area contributed by atoms with Gasteiger partial charge in [-0.05, 0) is 36.0 Å². The van der Waals surface area contributed by atoms with Crippen molar-refractivity contribution in [1.82, 2.24) is 14.9 Å². The summed E-state index contributed by atoms with van der Waals surface area (Å²) in [5.74, 6) is 0.354. The van der Waals surface area contributed by atoms with E-state index in [4.69, 9.17) is 17.0 Å². The highest BCUT2D eigenvalue weighted by molar-refractivity contribution is 7.71. The maximum atomic E-state index is 13.6. The fourth-order valence-electron chi connectivity index (χ4n) is 1.91. The molecule has 0 amide bonds. The molecule has 1 aromatic heterocycles. The molecule has 0 aliphatic rings. The van der Waals surface area contributed by atoms with Gasteiger partial charge in [-0.1, -0.05) is 30.3 Å². The van der Waals surface area contributed by atoms with Crippen molar-refractivity contribution >= 4 is 18.4 Å². The van der Waals surface area contributed by atoms with E-state index < -0.39 is 0 Å². The van der Waals surface area contributed by atoms with Crippen LogP contribution in [0.15, 0.2) is 60.0 Å². The van der Waals surface area contributed by atoms with Crippen LogP contribution in [0.4, 0.5) is 4.39 Å². The summed E-state index contributed by atoms with van der Waals surface area (Å²) in [5, 5.41) is 10.6. The molecule has 116 valence electrons. The lowest BCUT2D eigenvalue weighted by Crippen LogP contribution is -1.98. The second-order valence-electron chi connectivity index (χ2n) is 4.70. The zero-order chi connectivity index (χ0) is 16.1. The topological polar surface area (TPSA) is 55.2 Å². The van der Waals surface area contributed by atoms with E-state index in [1.165, 1.54) is 17.1 Å². The third kappa shape index (κ3) is 3.89. The third-order valence-corrected chi connectivity index (χ3v) is 3.36. The molecule has 0 spiro atoms. The first kappa shape index (κ1) is 15.1. The zero-order valence-electron chi connectivity index (χ0n) is 12.0. The summed E-state index contributed by atoms with van der Waals surface area (Å²) in [6.07, 6.45) is 3.12. The average Bonchev–Trinajstić information content (AvgIpc) is 2.98. The molecule has 7 heteroatoms. The van der Waals surface area contributed by atoms with E-state index in [0.29, 0.717) is 16.1 Å². The first-order valence-electron chi connectivity index (χ1n) is 6.85. The predicted octanol–water partition coefficient (Wildman–Crippen LogP) is 3.54. The molecule has 3 aromatic rings. The fraction of sp³-hybridized carbons (Fsp3) is 0.0625. The second-order valence-corrected chi connectivity index (χ2v) is 5.09. The Kier molecular flexibility index (Phi) is 4.58. The van der Waals surface area contributed by atoms with Gasteiger partial charge in [-0.25, -0.2) is 4.39 Å². The van der Waals surface area contributed by atoms with Crippen molar-refractivity contribution in [3.63, 3.8) is 0 Å². The predicted molar refractivity (Wildman–Crippen MR) is 87.6 cm³/mol. The van der Waals surface area contributed by atoms with E-state index in [0.717, 1.165) is 5.56 Å². The van der Waals surface area contributed by atoms with Gasteiger partial charge in [0.1, 0.15) is 24.5 Å². The fourth-order valence-corrected chi connectivity index (χ4v) is 2.06. The van der Waals surface area contributed by atoms with Gasteiger partial charge in [0, 0.05) is 5.56 Å². The van der Waals surface area contributed by atoms with Crippen LogP contribution in [0.1, 0.15) is 11.1 Å². The molecule has 0 atom stereocenters. The molecule has 0 bridgehead atoms. The molecule has 0 aliphatic carbocycles. The summed E-state index contributed by atoms with van der Waals surface area (Å²) < 4.78 is 21.0. The standard InChI is InChI=1S/C16H13FN4OS/c17-15-7-2-1-5-13(15)10-22-14-6-3-4-12(8-14)9-19-21-11-18-20-16(21)23/h1-9,11H,10H2,(H,20,23)/b19-9+. The lowest BCUT2D eigenvalue weighted by molar-refractivity contribution is 0.300. The molecule has 2 aromatic carbocycles. The first-order chi connectivity index (χ1) is 11.2. The van der Waals surface area contributed by atoms with Crippen molar-refractivity contribution in [2.75, 3.05) is 0 Å². The number of nitrogens with one attached hydrogen (secondary N) is 1. The van der Waals surface area contributed by atoms with Gasteiger partial charge in [0.25, 0.3) is 0 Å². The number of H-pyrrole nitrogens is 1. The smallest absolute Gasteiger partial charge is 0.216 e. The van der Waals surface area contributed by atoms with Gasteiger partial charge >= 0.3 is 0 Å². The molecule has 0 saturated carbocycles. The summed E-state index contributed by atoms with van der Waals surface area (Å²) in [4.78, 5) is 0. The van der Waals surface area contributed by atoms with E-state index in [2.05, 4.69) is 15.3 Å². The second kappa shape index (κ2) is 6.97. The molecule has 0 radical (unpaired) electrons.